The average molecular weight is 537 g/mol. The van der Waals surface area contributed by atoms with Crippen molar-refractivity contribution in [2.45, 2.75) is 128 Å². The Kier molecular flexibility index (Phi) is 12.3. The highest BCUT2D eigenvalue weighted by atomic mass is 16.5. The van der Waals surface area contributed by atoms with Gasteiger partial charge in [0, 0.05) is 0 Å². The molecule has 215 valence electrons. The Bertz CT molecular complexity index is 989. The number of aromatic carboxylic acids is 1. The van der Waals surface area contributed by atoms with E-state index in [0.29, 0.717) is 6.42 Å². The van der Waals surface area contributed by atoms with Crippen LogP contribution in [0.3, 0.4) is 0 Å². The van der Waals surface area contributed by atoms with Gasteiger partial charge < -0.3 is 9.84 Å². The fraction of sp³-hybridized carbons (Fsp3) is 0.618. The van der Waals surface area contributed by atoms with Crippen LogP contribution in [0, 0.1) is 0 Å². The molecule has 0 bridgehead atoms. The van der Waals surface area contributed by atoms with E-state index in [1.807, 2.05) is 38.1 Å². The number of benzene rings is 2. The Morgan fingerprint density at radius 2 is 1.13 bits per heavy atom. The molecule has 0 unspecified atom stereocenters. The molecule has 0 amide bonds. The van der Waals surface area contributed by atoms with Crippen molar-refractivity contribution in [2.75, 3.05) is 6.61 Å². The minimum Gasteiger partial charge on any atom is -0.494 e. The second kappa shape index (κ2) is 15.4. The van der Waals surface area contributed by atoms with Gasteiger partial charge in [0.25, 0.3) is 0 Å². The third-order valence-electron chi connectivity index (χ3n) is 8.74. The van der Waals surface area contributed by atoms with Gasteiger partial charge in [0.15, 0.2) is 0 Å². The summed E-state index contributed by atoms with van der Waals surface area (Å²) >= 11 is 0. The lowest BCUT2D eigenvalue weighted by Crippen LogP contribution is -2.44. The number of hydrogen-bond acceptors (Lipinski definition) is 3. The fourth-order valence-electron chi connectivity index (χ4n) is 5.95. The Morgan fingerprint density at radius 3 is 1.56 bits per heavy atom. The lowest BCUT2D eigenvalue weighted by Gasteiger charge is -2.37. The van der Waals surface area contributed by atoms with Crippen LogP contribution in [0.25, 0.3) is 0 Å². The minimum absolute atomic E-state index is 0.231. The molecule has 0 aromatic heterocycles. The van der Waals surface area contributed by atoms with Crippen LogP contribution in [-0.2, 0) is 16.3 Å². The standard InChI is InChI=1S/C34H50NO4/c1-4-5-6-7-8-9-10-11-12-13-14-15-16-27-39-31-23-21-30(22-24-31)34(3)26-25-33(2,35(34)38)29-19-17-28(18-20-29)32(36)37/h17-24H,4-16,25-27H2,1-3H3,(H,36,37)/t33-,34-/m1/s1. The number of nitrogens with zero attached hydrogens (tertiary/aromatic N) is 1. The molecule has 1 aliphatic heterocycles. The number of ether oxygens (including phenoxy) is 1. The van der Waals surface area contributed by atoms with Crippen molar-refractivity contribution in [3.05, 3.63) is 65.2 Å². The molecule has 5 heteroatoms. The molecule has 1 radical (unpaired) electrons. The SMILES string of the molecule is CCCCCCCCCCCCCCCOc1ccc([C@@]2(C)CC[C@](C)(c3ccc(C(=O)O)cc3)N2[O])cc1. The maximum absolute atomic E-state index is 13.6. The largest absolute Gasteiger partial charge is 0.494 e. The van der Waals surface area contributed by atoms with Crippen molar-refractivity contribution in [2.24, 2.45) is 0 Å². The highest BCUT2D eigenvalue weighted by Gasteiger charge is 2.52. The van der Waals surface area contributed by atoms with E-state index in [4.69, 9.17) is 4.74 Å². The summed E-state index contributed by atoms with van der Waals surface area (Å²) in [5.41, 5.74) is 0.721. The molecular formula is C34H50NO4. The van der Waals surface area contributed by atoms with Crippen LogP contribution in [0.1, 0.15) is 139 Å². The van der Waals surface area contributed by atoms with Gasteiger partial charge in [0.1, 0.15) is 5.75 Å². The first-order valence-corrected chi connectivity index (χ1v) is 15.4. The molecule has 1 aliphatic rings. The number of carbonyl (C=O) groups is 1. The van der Waals surface area contributed by atoms with Gasteiger partial charge in [-0.1, -0.05) is 108 Å². The van der Waals surface area contributed by atoms with Crippen molar-refractivity contribution in [1.29, 1.82) is 0 Å². The van der Waals surface area contributed by atoms with Gasteiger partial charge in [-0.15, -0.1) is 10.3 Å². The number of hydrogen-bond donors (Lipinski definition) is 1. The predicted octanol–water partition coefficient (Wildman–Crippen LogP) is 9.43. The van der Waals surface area contributed by atoms with E-state index in [-0.39, 0.29) is 5.56 Å². The molecule has 2 aromatic carbocycles. The smallest absolute Gasteiger partial charge is 0.335 e. The third-order valence-corrected chi connectivity index (χ3v) is 8.74. The van der Waals surface area contributed by atoms with Crippen LogP contribution in [0.4, 0.5) is 0 Å². The molecule has 1 saturated heterocycles. The molecule has 1 N–H and O–H groups in total. The van der Waals surface area contributed by atoms with E-state index in [9.17, 15) is 15.1 Å². The molecule has 2 aromatic rings. The molecule has 0 saturated carbocycles. The maximum atomic E-state index is 13.6. The Hall–Kier alpha value is -2.37. The first kappa shape index (κ1) is 31.2. The molecule has 1 fully saturated rings. The molecule has 3 rings (SSSR count). The minimum atomic E-state index is -0.960. The van der Waals surface area contributed by atoms with Crippen LogP contribution in [0.2, 0.25) is 0 Å². The Labute approximate surface area is 236 Å². The summed E-state index contributed by atoms with van der Waals surface area (Å²) in [4.78, 5) is 11.2. The van der Waals surface area contributed by atoms with Crippen LogP contribution < -0.4 is 4.74 Å². The van der Waals surface area contributed by atoms with E-state index < -0.39 is 17.0 Å². The zero-order valence-corrected chi connectivity index (χ0v) is 24.6. The quantitative estimate of drug-likeness (QED) is 0.193. The number of carboxylic acid groups (broad SMARTS) is 1. The summed E-state index contributed by atoms with van der Waals surface area (Å²) < 4.78 is 5.98. The molecule has 5 nitrogen and oxygen atoms in total. The maximum Gasteiger partial charge on any atom is 0.335 e. The number of unbranched alkanes of at least 4 members (excludes halogenated alkanes) is 12. The van der Waals surface area contributed by atoms with E-state index in [2.05, 4.69) is 6.92 Å². The lowest BCUT2D eigenvalue weighted by molar-refractivity contribution is -0.260. The predicted molar refractivity (Wildman–Crippen MR) is 157 cm³/mol. The topological polar surface area (TPSA) is 69.7 Å². The van der Waals surface area contributed by atoms with Gasteiger partial charge in [-0.2, -0.15) is 0 Å². The Morgan fingerprint density at radius 1 is 0.718 bits per heavy atom. The van der Waals surface area contributed by atoms with Crippen molar-refractivity contribution >= 4 is 5.97 Å². The third kappa shape index (κ3) is 8.56. The van der Waals surface area contributed by atoms with E-state index in [0.717, 1.165) is 36.3 Å². The second-order valence-electron chi connectivity index (χ2n) is 11.8. The molecule has 0 spiro atoms. The van der Waals surface area contributed by atoms with Crippen LogP contribution in [0.15, 0.2) is 48.5 Å². The summed E-state index contributed by atoms with van der Waals surface area (Å²) in [6.07, 6.45) is 18.8. The molecule has 1 heterocycles. The summed E-state index contributed by atoms with van der Waals surface area (Å²) in [5.74, 6) is -0.109. The zero-order valence-electron chi connectivity index (χ0n) is 24.6. The highest BCUT2D eigenvalue weighted by molar-refractivity contribution is 5.87. The van der Waals surface area contributed by atoms with Crippen LogP contribution in [-0.4, -0.2) is 22.7 Å². The summed E-state index contributed by atoms with van der Waals surface area (Å²) in [5, 5.41) is 24.0. The van der Waals surface area contributed by atoms with Gasteiger partial charge in [0.05, 0.1) is 23.2 Å². The normalized spacial score (nSPS) is 21.3. The van der Waals surface area contributed by atoms with Gasteiger partial charge in [-0.3, -0.25) is 0 Å². The highest BCUT2D eigenvalue weighted by Crippen LogP contribution is 2.51. The number of rotatable bonds is 18. The van der Waals surface area contributed by atoms with Gasteiger partial charge in [-0.05, 0) is 68.5 Å². The van der Waals surface area contributed by atoms with Crippen molar-refractivity contribution in [3.8, 4) is 5.75 Å². The summed E-state index contributed by atoms with van der Waals surface area (Å²) in [6, 6.07) is 14.7. The first-order chi connectivity index (χ1) is 18.8. The van der Waals surface area contributed by atoms with Crippen LogP contribution >= 0.6 is 0 Å². The van der Waals surface area contributed by atoms with Gasteiger partial charge in [-0.25, -0.2) is 4.79 Å². The van der Waals surface area contributed by atoms with E-state index in [1.165, 1.54) is 82.1 Å². The summed E-state index contributed by atoms with van der Waals surface area (Å²) in [7, 11) is 0. The van der Waals surface area contributed by atoms with E-state index in [1.54, 1.807) is 24.3 Å². The monoisotopic (exact) mass is 536 g/mol. The van der Waals surface area contributed by atoms with E-state index >= 15 is 0 Å². The van der Waals surface area contributed by atoms with Crippen molar-refractivity contribution in [3.63, 3.8) is 0 Å². The summed E-state index contributed by atoms with van der Waals surface area (Å²) in [6.45, 7) is 6.95. The molecule has 0 aliphatic carbocycles. The molecular weight excluding hydrogens is 486 g/mol. The van der Waals surface area contributed by atoms with Crippen molar-refractivity contribution in [1.82, 2.24) is 5.06 Å². The number of hydroxylamine groups is 2. The average Bonchev–Trinajstić information content (AvgIpc) is 3.19. The van der Waals surface area contributed by atoms with Gasteiger partial charge >= 0.3 is 5.97 Å². The van der Waals surface area contributed by atoms with Gasteiger partial charge in [0.2, 0.25) is 0 Å². The molecule has 39 heavy (non-hydrogen) atoms. The fourth-order valence-corrected chi connectivity index (χ4v) is 5.95. The number of carboxylic acids is 1. The Balaban J connectivity index is 1.35. The zero-order chi connectivity index (χ0) is 28.1. The lowest BCUT2D eigenvalue weighted by atomic mass is 9.89. The second-order valence-corrected chi connectivity index (χ2v) is 11.8. The van der Waals surface area contributed by atoms with Crippen molar-refractivity contribution < 1.29 is 19.8 Å². The first-order valence-electron chi connectivity index (χ1n) is 15.4. The van der Waals surface area contributed by atoms with Crippen LogP contribution in [0.5, 0.6) is 5.75 Å². The molecule has 2 atom stereocenters.